The van der Waals surface area contributed by atoms with Crippen LogP contribution in [0.3, 0.4) is 0 Å². The lowest BCUT2D eigenvalue weighted by molar-refractivity contribution is -0.383. The summed E-state index contributed by atoms with van der Waals surface area (Å²) in [7, 11) is 0. The number of halogens is 1. The van der Waals surface area contributed by atoms with Gasteiger partial charge < -0.3 is 4.98 Å². The van der Waals surface area contributed by atoms with Crippen LogP contribution in [0.25, 0.3) is 11.0 Å². The molecule has 5 nitrogen and oxygen atoms in total. The minimum absolute atomic E-state index is 0. The molecule has 1 heterocycles. The van der Waals surface area contributed by atoms with Crippen molar-refractivity contribution in [2.24, 2.45) is 0 Å². The van der Waals surface area contributed by atoms with Crippen molar-refractivity contribution >= 4 is 29.1 Å². The monoisotopic (exact) mass is 199 g/mol. The summed E-state index contributed by atoms with van der Waals surface area (Å²) >= 11 is 0. The zero-order chi connectivity index (χ0) is 8.55. The zero-order valence-electron chi connectivity index (χ0n) is 6.43. The summed E-state index contributed by atoms with van der Waals surface area (Å²) in [6, 6.07) is 4.80. The molecule has 0 bridgehead atoms. The highest BCUT2D eigenvalue weighted by Crippen LogP contribution is 2.21. The van der Waals surface area contributed by atoms with E-state index in [1.54, 1.807) is 12.1 Å². The first-order valence-corrected chi connectivity index (χ1v) is 3.35. The maximum atomic E-state index is 10.5. The number of nitrogens with zero attached hydrogens (tertiary/aromatic N) is 2. The van der Waals surface area contributed by atoms with Crippen LogP contribution in [-0.4, -0.2) is 14.9 Å². The zero-order valence-corrected chi connectivity index (χ0v) is 7.25. The molecule has 2 rings (SSSR count). The van der Waals surface area contributed by atoms with Gasteiger partial charge in [-0.1, -0.05) is 6.07 Å². The van der Waals surface area contributed by atoms with Crippen LogP contribution in [0.4, 0.5) is 5.69 Å². The Kier molecular flexibility index (Phi) is 2.48. The van der Waals surface area contributed by atoms with E-state index in [0.29, 0.717) is 11.0 Å². The molecule has 0 aliphatic rings. The van der Waals surface area contributed by atoms with E-state index in [-0.39, 0.29) is 18.1 Å². The van der Waals surface area contributed by atoms with Gasteiger partial charge in [-0.2, -0.15) is 0 Å². The van der Waals surface area contributed by atoms with Crippen LogP contribution in [0.2, 0.25) is 0 Å². The van der Waals surface area contributed by atoms with E-state index in [1.165, 1.54) is 12.4 Å². The molecule has 0 saturated carbocycles. The first-order chi connectivity index (χ1) is 5.79. The van der Waals surface area contributed by atoms with Gasteiger partial charge in [0, 0.05) is 6.07 Å². The van der Waals surface area contributed by atoms with Crippen molar-refractivity contribution in [2.45, 2.75) is 0 Å². The Bertz CT molecular complexity index is 440. The Balaban J connectivity index is 0.000000845. The fraction of sp³-hybridized carbons (Fsp3) is 0. The fourth-order valence-electron chi connectivity index (χ4n) is 1.10. The Morgan fingerprint density at radius 2 is 2.23 bits per heavy atom. The molecule has 2 aromatic rings. The first kappa shape index (κ1) is 9.47. The van der Waals surface area contributed by atoms with Crippen LogP contribution in [0.15, 0.2) is 24.5 Å². The molecule has 1 aromatic carbocycles. The van der Waals surface area contributed by atoms with E-state index < -0.39 is 4.92 Å². The van der Waals surface area contributed by atoms with Gasteiger partial charge in [-0.25, -0.2) is 4.98 Å². The van der Waals surface area contributed by atoms with E-state index in [0.717, 1.165) is 0 Å². The summed E-state index contributed by atoms with van der Waals surface area (Å²) in [5, 5.41) is 10.5. The van der Waals surface area contributed by atoms with E-state index in [9.17, 15) is 10.1 Å². The highest BCUT2D eigenvalue weighted by atomic mass is 35.5. The van der Waals surface area contributed by atoms with Crippen LogP contribution >= 0.6 is 12.4 Å². The van der Waals surface area contributed by atoms with Gasteiger partial charge in [-0.15, -0.1) is 12.4 Å². The van der Waals surface area contributed by atoms with Crippen molar-refractivity contribution in [1.82, 2.24) is 9.97 Å². The minimum atomic E-state index is -0.441. The number of hydrogen-bond acceptors (Lipinski definition) is 3. The number of nitro groups is 1. The molecule has 0 atom stereocenters. The van der Waals surface area contributed by atoms with Gasteiger partial charge in [0.05, 0.1) is 16.8 Å². The molecule has 0 saturated heterocycles. The molecule has 0 unspecified atom stereocenters. The number of aromatic amines is 1. The fourth-order valence-corrected chi connectivity index (χ4v) is 1.10. The van der Waals surface area contributed by atoms with E-state index in [1.807, 2.05) is 0 Å². The van der Waals surface area contributed by atoms with E-state index in [4.69, 9.17) is 0 Å². The Morgan fingerprint density at radius 1 is 1.46 bits per heavy atom. The number of H-pyrrole nitrogens is 1. The molecule has 1 N–H and O–H groups in total. The quantitative estimate of drug-likeness (QED) is 0.563. The maximum Gasteiger partial charge on any atom is 0.297 e. The average Bonchev–Trinajstić information content (AvgIpc) is 2.49. The summed E-state index contributed by atoms with van der Waals surface area (Å²) < 4.78 is 0. The van der Waals surface area contributed by atoms with Gasteiger partial charge in [0.25, 0.3) is 5.69 Å². The first-order valence-electron chi connectivity index (χ1n) is 3.35. The minimum Gasteiger partial charge on any atom is -0.344 e. The molecular formula is C7H6ClN3O2. The number of nitrogens with one attached hydrogen (secondary N) is 1. The normalized spacial score (nSPS) is 9.54. The largest absolute Gasteiger partial charge is 0.344 e. The molecule has 13 heavy (non-hydrogen) atoms. The number of nitro benzene ring substituents is 1. The van der Waals surface area contributed by atoms with Gasteiger partial charge >= 0.3 is 0 Å². The Morgan fingerprint density at radius 3 is 2.92 bits per heavy atom. The third-order valence-corrected chi connectivity index (χ3v) is 1.63. The van der Waals surface area contributed by atoms with Crippen molar-refractivity contribution in [2.75, 3.05) is 0 Å². The topological polar surface area (TPSA) is 71.8 Å². The van der Waals surface area contributed by atoms with Gasteiger partial charge in [0.15, 0.2) is 5.52 Å². The molecule has 0 spiro atoms. The molecule has 0 aliphatic heterocycles. The molecular weight excluding hydrogens is 194 g/mol. The highest BCUT2D eigenvalue weighted by Gasteiger charge is 2.11. The number of imidazole rings is 1. The summed E-state index contributed by atoms with van der Waals surface area (Å²) in [5.41, 5.74) is 1.13. The number of benzene rings is 1. The van der Waals surface area contributed by atoms with Gasteiger partial charge in [0.2, 0.25) is 0 Å². The summed E-state index contributed by atoms with van der Waals surface area (Å²) in [5.74, 6) is 0. The molecule has 6 heteroatoms. The second-order valence-electron chi connectivity index (χ2n) is 2.33. The molecule has 1 aromatic heterocycles. The average molecular weight is 200 g/mol. The third-order valence-electron chi connectivity index (χ3n) is 1.63. The standard InChI is InChI=1S/C7H5N3O2.ClH/c11-10(12)6-3-1-2-5-7(6)9-4-8-5;/h1-4H,(H,8,9);1H. The smallest absolute Gasteiger partial charge is 0.297 e. The van der Waals surface area contributed by atoms with Crippen LogP contribution < -0.4 is 0 Å². The highest BCUT2D eigenvalue weighted by molar-refractivity contribution is 5.85. The SMILES string of the molecule is Cl.O=[N+]([O-])c1cccc2[nH]cnc12. The number of para-hydroxylation sites is 1. The number of fused-ring (bicyclic) bond motifs is 1. The molecule has 0 radical (unpaired) electrons. The van der Waals surface area contributed by atoms with Crippen molar-refractivity contribution < 1.29 is 4.92 Å². The number of hydrogen-bond donors (Lipinski definition) is 1. The molecule has 0 aliphatic carbocycles. The number of rotatable bonds is 1. The van der Waals surface area contributed by atoms with Crippen molar-refractivity contribution in [3.8, 4) is 0 Å². The Labute approximate surface area is 79.3 Å². The maximum absolute atomic E-state index is 10.5. The van der Waals surface area contributed by atoms with Crippen LogP contribution in [0, 0.1) is 10.1 Å². The lowest BCUT2D eigenvalue weighted by Crippen LogP contribution is -1.88. The number of non-ortho nitro benzene ring substituents is 1. The van der Waals surface area contributed by atoms with E-state index >= 15 is 0 Å². The summed E-state index contributed by atoms with van der Waals surface area (Å²) in [6.07, 6.45) is 1.44. The van der Waals surface area contributed by atoms with Crippen molar-refractivity contribution in [3.63, 3.8) is 0 Å². The lowest BCUT2D eigenvalue weighted by atomic mass is 10.3. The summed E-state index contributed by atoms with van der Waals surface area (Å²) in [6.45, 7) is 0. The predicted octanol–water partition coefficient (Wildman–Crippen LogP) is 1.89. The second-order valence-corrected chi connectivity index (χ2v) is 2.33. The van der Waals surface area contributed by atoms with Gasteiger partial charge in [-0.05, 0) is 6.07 Å². The summed E-state index contributed by atoms with van der Waals surface area (Å²) in [4.78, 5) is 16.7. The van der Waals surface area contributed by atoms with Crippen LogP contribution in [-0.2, 0) is 0 Å². The molecule has 0 amide bonds. The predicted molar refractivity (Wildman–Crippen MR) is 50.0 cm³/mol. The van der Waals surface area contributed by atoms with Gasteiger partial charge in [0.1, 0.15) is 0 Å². The number of aromatic nitrogens is 2. The van der Waals surface area contributed by atoms with Crippen molar-refractivity contribution in [1.29, 1.82) is 0 Å². The van der Waals surface area contributed by atoms with Gasteiger partial charge in [-0.3, -0.25) is 10.1 Å². The van der Waals surface area contributed by atoms with Crippen LogP contribution in [0.5, 0.6) is 0 Å². The van der Waals surface area contributed by atoms with E-state index in [2.05, 4.69) is 9.97 Å². The lowest BCUT2D eigenvalue weighted by Gasteiger charge is -1.90. The van der Waals surface area contributed by atoms with Crippen molar-refractivity contribution in [3.05, 3.63) is 34.6 Å². The molecule has 0 fully saturated rings. The third kappa shape index (κ3) is 1.46. The second kappa shape index (κ2) is 3.40. The molecule has 68 valence electrons. The Hall–Kier alpha value is -1.62. The van der Waals surface area contributed by atoms with Crippen LogP contribution in [0.1, 0.15) is 0 Å².